The van der Waals surface area contributed by atoms with Crippen LogP contribution in [0, 0.1) is 0 Å². The van der Waals surface area contributed by atoms with Crippen molar-refractivity contribution in [2.45, 2.75) is 49.0 Å². The lowest BCUT2D eigenvalue weighted by Gasteiger charge is -2.40. The summed E-state index contributed by atoms with van der Waals surface area (Å²) >= 11 is 0. The quantitative estimate of drug-likeness (QED) is 0.209. The van der Waals surface area contributed by atoms with E-state index in [1.165, 1.54) is 0 Å². The number of Topliss-reactive ketones (excluding diaryl/α,β-unsaturated/α-hetero) is 1. The summed E-state index contributed by atoms with van der Waals surface area (Å²) in [5, 5.41) is 74.8. The van der Waals surface area contributed by atoms with Crippen LogP contribution in [0.5, 0.6) is 0 Å². The van der Waals surface area contributed by atoms with Gasteiger partial charge in [0.15, 0.2) is 12.1 Å². The Morgan fingerprint density at radius 2 is 1.65 bits per heavy atom. The van der Waals surface area contributed by atoms with Crippen molar-refractivity contribution in [3.8, 4) is 0 Å². The maximum absolute atomic E-state index is 11.0. The number of ether oxygens (including phenoxy) is 2. The van der Waals surface area contributed by atoms with Gasteiger partial charge in [-0.05, 0) is 0 Å². The first-order valence-corrected chi connectivity index (χ1v) is 6.84. The normalized spacial score (nSPS) is 35.6. The zero-order valence-corrected chi connectivity index (χ0v) is 12.0. The predicted molar refractivity (Wildman–Crippen MR) is 69.8 cm³/mol. The first-order valence-electron chi connectivity index (χ1n) is 6.84. The second-order valence-corrected chi connectivity index (χ2v) is 5.16. The lowest BCUT2D eigenvalue weighted by Crippen LogP contribution is -2.59. The van der Waals surface area contributed by atoms with Gasteiger partial charge in [0.1, 0.15) is 49.3 Å². The monoisotopic (exact) mass is 342 g/mol. The van der Waals surface area contributed by atoms with Crippen molar-refractivity contribution >= 4 is 5.78 Å². The highest BCUT2D eigenvalue weighted by atomic mass is 16.7. The fraction of sp³-hybridized carbons (Fsp3) is 0.917. The Kier molecular flexibility index (Phi) is 7.89. The Bertz CT molecular complexity index is 376. The van der Waals surface area contributed by atoms with Gasteiger partial charge >= 0.3 is 0 Å². The largest absolute Gasteiger partial charge is 0.394 e. The summed E-state index contributed by atoms with van der Waals surface area (Å²) in [7, 11) is 0. The van der Waals surface area contributed by atoms with Crippen LogP contribution >= 0.6 is 0 Å². The van der Waals surface area contributed by atoms with Gasteiger partial charge in [0.05, 0.1) is 13.2 Å². The molecule has 0 aromatic heterocycles. The van der Waals surface area contributed by atoms with E-state index >= 15 is 0 Å². The molecule has 0 aliphatic carbocycles. The number of hydrogen-bond donors (Lipinski definition) is 8. The Hall–Kier alpha value is -0.730. The third-order valence-corrected chi connectivity index (χ3v) is 3.48. The molecule has 11 nitrogen and oxygen atoms in total. The summed E-state index contributed by atoms with van der Waals surface area (Å²) in [6, 6.07) is 0. The van der Waals surface area contributed by atoms with E-state index < -0.39 is 74.6 Å². The molecule has 0 saturated carbocycles. The van der Waals surface area contributed by atoms with Crippen molar-refractivity contribution in [3.05, 3.63) is 0 Å². The van der Waals surface area contributed by atoms with Gasteiger partial charge in [-0.15, -0.1) is 0 Å². The minimum atomic E-state index is -2.03. The van der Waals surface area contributed by atoms with Crippen LogP contribution in [-0.4, -0.2) is 115 Å². The van der Waals surface area contributed by atoms with Crippen LogP contribution in [-0.2, 0) is 14.3 Å². The van der Waals surface area contributed by atoms with E-state index in [9.17, 15) is 35.4 Å². The third-order valence-electron chi connectivity index (χ3n) is 3.48. The molecule has 0 spiro atoms. The molecule has 1 heterocycles. The average Bonchev–Trinajstić information content (AvgIpc) is 2.56. The van der Waals surface area contributed by atoms with E-state index in [1.54, 1.807) is 0 Å². The highest BCUT2D eigenvalue weighted by Crippen LogP contribution is 2.22. The van der Waals surface area contributed by atoms with E-state index in [4.69, 9.17) is 19.7 Å². The second kappa shape index (κ2) is 8.94. The molecule has 1 aliphatic heterocycles. The van der Waals surface area contributed by atoms with Gasteiger partial charge in [0.25, 0.3) is 0 Å². The summed E-state index contributed by atoms with van der Waals surface area (Å²) in [4.78, 5) is 11.0. The third kappa shape index (κ3) is 4.87. The molecule has 1 rings (SSSR count). The molecular formula is C12H22O11. The Labute approximate surface area is 130 Å². The fourth-order valence-electron chi connectivity index (χ4n) is 1.99. The zero-order chi connectivity index (χ0) is 17.7. The molecule has 0 amide bonds. The molecule has 0 radical (unpaired) electrons. The van der Waals surface area contributed by atoms with Crippen molar-refractivity contribution in [3.63, 3.8) is 0 Å². The first kappa shape index (κ1) is 20.3. The minimum absolute atomic E-state index is 0.667. The number of hydrogen-bond acceptors (Lipinski definition) is 11. The predicted octanol–water partition coefficient (Wildman–Crippen LogP) is -5.55. The van der Waals surface area contributed by atoms with Gasteiger partial charge in [0.2, 0.25) is 0 Å². The van der Waals surface area contributed by atoms with E-state index in [1.807, 2.05) is 0 Å². The number of aliphatic hydroxyl groups excluding tert-OH is 8. The number of carbonyl (C=O) groups excluding carboxylic acids is 1. The molecule has 11 heteroatoms. The smallest absolute Gasteiger partial charge is 0.189 e. The molecule has 1 aliphatic rings. The van der Waals surface area contributed by atoms with Crippen molar-refractivity contribution < 1.29 is 55.1 Å². The van der Waals surface area contributed by atoms with Crippen LogP contribution < -0.4 is 0 Å². The summed E-state index contributed by atoms with van der Waals surface area (Å²) in [5.74, 6) is -1.11. The van der Waals surface area contributed by atoms with Crippen molar-refractivity contribution in [1.29, 1.82) is 0 Å². The lowest BCUT2D eigenvalue weighted by molar-refractivity contribution is -0.306. The number of rotatable bonds is 8. The van der Waals surface area contributed by atoms with Crippen LogP contribution in [0.1, 0.15) is 0 Å². The van der Waals surface area contributed by atoms with E-state index in [2.05, 4.69) is 0 Å². The van der Waals surface area contributed by atoms with Crippen molar-refractivity contribution in [1.82, 2.24) is 0 Å². The van der Waals surface area contributed by atoms with E-state index in [0.717, 1.165) is 0 Å². The molecule has 8 atom stereocenters. The van der Waals surface area contributed by atoms with Gasteiger partial charge in [-0.3, -0.25) is 4.79 Å². The summed E-state index contributed by atoms with van der Waals surface area (Å²) in [6.07, 6.45) is -13.4. The SMILES string of the molecule is O=C(CO)[C@H](O)[C@@H](O)[C@@H](O)CO[C@@H]1O[C@@H](CO)[C@H](O)[C@@H](O)[C@@H]1O. The van der Waals surface area contributed by atoms with Crippen molar-refractivity contribution in [2.24, 2.45) is 0 Å². The van der Waals surface area contributed by atoms with Crippen LogP contribution in [0.4, 0.5) is 0 Å². The molecular weight excluding hydrogens is 320 g/mol. The molecule has 23 heavy (non-hydrogen) atoms. The first-order chi connectivity index (χ1) is 10.7. The summed E-state index contributed by atoms with van der Waals surface area (Å²) in [5.41, 5.74) is 0. The van der Waals surface area contributed by atoms with Gasteiger partial charge in [-0.2, -0.15) is 0 Å². The van der Waals surface area contributed by atoms with E-state index in [-0.39, 0.29) is 0 Å². The van der Waals surface area contributed by atoms with E-state index in [0.29, 0.717) is 0 Å². The molecule has 136 valence electrons. The molecule has 1 saturated heterocycles. The van der Waals surface area contributed by atoms with Crippen LogP contribution in [0.2, 0.25) is 0 Å². The highest BCUT2D eigenvalue weighted by molar-refractivity contribution is 5.84. The topological polar surface area (TPSA) is 197 Å². The molecule has 0 aromatic rings. The van der Waals surface area contributed by atoms with Gasteiger partial charge in [0, 0.05) is 0 Å². The number of carbonyl (C=O) groups is 1. The van der Waals surface area contributed by atoms with Crippen LogP contribution in [0.25, 0.3) is 0 Å². The fourth-order valence-corrected chi connectivity index (χ4v) is 1.99. The average molecular weight is 342 g/mol. The highest BCUT2D eigenvalue weighted by Gasteiger charge is 2.44. The van der Waals surface area contributed by atoms with Gasteiger partial charge in [-0.25, -0.2) is 0 Å². The summed E-state index contributed by atoms with van der Waals surface area (Å²) < 4.78 is 9.94. The Balaban J connectivity index is 2.57. The molecule has 0 unspecified atom stereocenters. The summed E-state index contributed by atoms with van der Waals surface area (Å²) in [6.45, 7) is -2.40. The zero-order valence-electron chi connectivity index (χ0n) is 12.0. The number of ketones is 1. The van der Waals surface area contributed by atoms with Crippen LogP contribution in [0.15, 0.2) is 0 Å². The van der Waals surface area contributed by atoms with Gasteiger partial charge < -0.3 is 50.3 Å². The molecule has 1 fully saturated rings. The molecule has 8 N–H and O–H groups in total. The van der Waals surface area contributed by atoms with Gasteiger partial charge in [-0.1, -0.05) is 0 Å². The molecule has 0 aromatic carbocycles. The standard InChI is InChI=1S/C12H22O11/c13-1-4(15)7(17)8(18)5(16)3-22-12-11(21)10(20)9(19)6(2-14)23-12/h5-14,16-21H,1-3H2/t5-,6-,7-,8-,9-,10+,11-,12+/m0/s1. The number of aliphatic hydroxyl groups is 8. The maximum atomic E-state index is 11.0. The minimum Gasteiger partial charge on any atom is -0.394 e. The maximum Gasteiger partial charge on any atom is 0.189 e. The Morgan fingerprint density at radius 3 is 2.17 bits per heavy atom. The van der Waals surface area contributed by atoms with Crippen molar-refractivity contribution in [2.75, 3.05) is 19.8 Å². The Morgan fingerprint density at radius 1 is 1.04 bits per heavy atom. The molecule has 0 bridgehead atoms. The lowest BCUT2D eigenvalue weighted by atomic mass is 9.99. The second-order valence-electron chi connectivity index (χ2n) is 5.16. The van der Waals surface area contributed by atoms with Crippen LogP contribution in [0.3, 0.4) is 0 Å².